The average molecular weight is 249 g/mol. The first-order chi connectivity index (χ1) is 8.40. The molecule has 90 valence electrons. The maximum atomic E-state index is 5.18. The quantitative estimate of drug-likeness (QED) is 0.798. The highest BCUT2D eigenvalue weighted by atomic mass is 32.2. The van der Waals surface area contributed by atoms with Crippen molar-refractivity contribution in [1.29, 1.82) is 0 Å². The average Bonchev–Trinajstić information content (AvgIpc) is 2.85. The number of benzene rings is 1. The number of nitrogens with one attached hydrogen (secondary N) is 1. The van der Waals surface area contributed by atoms with Gasteiger partial charge in [0, 0.05) is 12.1 Å². The topological polar surface area (TPSA) is 51.0 Å². The van der Waals surface area contributed by atoms with Crippen LogP contribution in [-0.4, -0.2) is 28.7 Å². The monoisotopic (exact) mass is 249 g/mol. The van der Waals surface area contributed by atoms with Crippen LogP contribution in [0.5, 0.6) is 0 Å². The Bertz CT molecular complexity index is 444. The Hall–Kier alpha value is -1.49. The zero-order valence-corrected chi connectivity index (χ0v) is 10.5. The number of rotatable bonds is 6. The van der Waals surface area contributed by atoms with Crippen LogP contribution in [0.2, 0.25) is 0 Å². The Morgan fingerprint density at radius 1 is 1.29 bits per heavy atom. The summed E-state index contributed by atoms with van der Waals surface area (Å²) in [7, 11) is 0. The third kappa shape index (κ3) is 3.49. The van der Waals surface area contributed by atoms with Crippen LogP contribution >= 0.6 is 11.8 Å². The fourth-order valence-corrected chi connectivity index (χ4v) is 1.84. The predicted octanol–water partition coefficient (Wildman–Crippen LogP) is 2.90. The molecule has 1 N–H and O–H groups in total. The molecule has 0 saturated heterocycles. The van der Waals surface area contributed by atoms with Crippen LogP contribution in [0.25, 0.3) is 11.5 Å². The van der Waals surface area contributed by atoms with E-state index in [-0.39, 0.29) is 0 Å². The lowest BCUT2D eigenvalue weighted by Crippen LogP contribution is -2.03. The standard InChI is InChI=1S/C12H15N3OS/c1-17-9-5-8-13-12-14-11(16-15-12)10-6-3-2-4-7-10/h2-4,6-7H,5,8-9H2,1H3,(H,13,15). The number of hydrogen-bond acceptors (Lipinski definition) is 5. The summed E-state index contributed by atoms with van der Waals surface area (Å²) in [6.45, 7) is 0.870. The van der Waals surface area contributed by atoms with Gasteiger partial charge in [0.25, 0.3) is 11.8 Å². The second kappa shape index (κ2) is 6.30. The van der Waals surface area contributed by atoms with Gasteiger partial charge in [0.1, 0.15) is 0 Å². The van der Waals surface area contributed by atoms with Crippen LogP contribution in [0.15, 0.2) is 34.9 Å². The lowest BCUT2D eigenvalue weighted by atomic mass is 10.2. The Morgan fingerprint density at radius 3 is 2.88 bits per heavy atom. The van der Waals surface area contributed by atoms with Crippen LogP contribution in [0.3, 0.4) is 0 Å². The molecular weight excluding hydrogens is 234 g/mol. The minimum atomic E-state index is 0.554. The molecule has 2 aromatic rings. The summed E-state index contributed by atoms with van der Waals surface area (Å²) >= 11 is 1.83. The number of hydrogen-bond donors (Lipinski definition) is 1. The summed E-state index contributed by atoms with van der Waals surface area (Å²) in [5.41, 5.74) is 0.942. The second-order valence-corrected chi connectivity index (χ2v) is 4.55. The minimum Gasteiger partial charge on any atom is -0.352 e. The zero-order chi connectivity index (χ0) is 11.9. The van der Waals surface area contributed by atoms with E-state index in [1.165, 1.54) is 0 Å². The Labute approximate surface area is 105 Å². The maximum Gasteiger partial charge on any atom is 0.263 e. The number of nitrogens with zero attached hydrogens (tertiary/aromatic N) is 2. The van der Waals surface area contributed by atoms with E-state index in [9.17, 15) is 0 Å². The second-order valence-electron chi connectivity index (χ2n) is 3.56. The highest BCUT2D eigenvalue weighted by molar-refractivity contribution is 7.98. The van der Waals surface area contributed by atoms with Crippen molar-refractivity contribution >= 4 is 17.7 Å². The molecule has 0 amide bonds. The summed E-state index contributed by atoms with van der Waals surface area (Å²) < 4.78 is 5.18. The molecule has 0 radical (unpaired) electrons. The molecule has 0 bridgehead atoms. The lowest BCUT2D eigenvalue weighted by molar-refractivity contribution is 0.432. The first kappa shape index (κ1) is 12.0. The summed E-state index contributed by atoms with van der Waals surface area (Å²) in [6.07, 6.45) is 3.19. The maximum absolute atomic E-state index is 5.18. The largest absolute Gasteiger partial charge is 0.352 e. The number of aromatic nitrogens is 2. The van der Waals surface area contributed by atoms with Crippen molar-refractivity contribution in [2.24, 2.45) is 0 Å². The van der Waals surface area contributed by atoms with Crippen molar-refractivity contribution in [3.63, 3.8) is 0 Å². The number of thioether (sulfide) groups is 1. The third-order valence-corrected chi connectivity index (χ3v) is 2.95. The van der Waals surface area contributed by atoms with Crippen molar-refractivity contribution in [3.05, 3.63) is 30.3 Å². The fraction of sp³-hybridized carbons (Fsp3) is 0.333. The summed E-state index contributed by atoms with van der Waals surface area (Å²) in [5.74, 6) is 2.25. The van der Waals surface area contributed by atoms with Crippen molar-refractivity contribution in [3.8, 4) is 11.5 Å². The van der Waals surface area contributed by atoms with Gasteiger partial charge in [-0.25, -0.2) is 0 Å². The smallest absolute Gasteiger partial charge is 0.263 e. The van der Waals surface area contributed by atoms with Crippen molar-refractivity contribution in [2.45, 2.75) is 6.42 Å². The molecule has 5 heteroatoms. The summed E-state index contributed by atoms with van der Waals surface area (Å²) in [4.78, 5) is 4.28. The van der Waals surface area contributed by atoms with Gasteiger partial charge in [0.15, 0.2) is 0 Å². The fourth-order valence-electron chi connectivity index (χ4n) is 1.41. The van der Waals surface area contributed by atoms with E-state index in [1.807, 2.05) is 42.1 Å². The zero-order valence-electron chi connectivity index (χ0n) is 9.72. The van der Waals surface area contributed by atoms with Crippen molar-refractivity contribution in [2.75, 3.05) is 23.9 Å². The van der Waals surface area contributed by atoms with Gasteiger partial charge in [-0.05, 0) is 35.7 Å². The van der Waals surface area contributed by atoms with Crippen LogP contribution in [0.1, 0.15) is 6.42 Å². The molecule has 0 aliphatic heterocycles. The van der Waals surface area contributed by atoms with Crippen molar-refractivity contribution < 1.29 is 4.52 Å². The molecule has 2 rings (SSSR count). The first-order valence-electron chi connectivity index (χ1n) is 5.52. The number of anilines is 1. The van der Waals surface area contributed by atoms with Gasteiger partial charge in [-0.15, -0.1) is 0 Å². The molecule has 0 atom stereocenters. The van der Waals surface area contributed by atoms with Gasteiger partial charge in [-0.3, -0.25) is 0 Å². The molecular formula is C12H15N3OS. The predicted molar refractivity (Wildman–Crippen MR) is 71.2 cm³/mol. The van der Waals surface area contributed by atoms with Gasteiger partial charge in [0.2, 0.25) is 0 Å². The van der Waals surface area contributed by atoms with Crippen molar-refractivity contribution in [1.82, 2.24) is 10.1 Å². The van der Waals surface area contributed by atoms with Crippen LogP contribution < -0.4 is 5.32 Å². The summed E-state index contributed by atoms with van der Waals surface area (Å²) in [6, 6.07) is 9.76. The first-order valence-corrected chi connectivity index (χ1v) is 6.91. The molecule has 17 heavy (non-hydrogen) atoms. The minimum absolute atomic E-state index is 0.554. The molecule has 0 unspecified atom stereocenters. The van der Waals surface area contributed by atoms with Crippen LogP contribution in [0, 0.1) is 0 Å². The summed E-state index contributed by atoms with van der Waals surface area (Å²) in [5, 5.41) is 7.03. The Kier molecular flexibility index (Phi) is 4.44. The van der Waals surface area contributed by atoms with E-state index < -0.39 is 0 Å². The van der Waals surface area contributed by atoms with E-state index in [0.29, 0.717) is 11.8 Å². The van der Waals surface area contributed by atoms with E-state index in [4.69, 9.17) is 4.52 Å². The molecule has 0 spiro atoms. The van der Waals surface area contributed by atoms with Gasteiger partial charge in [-0.2, -0.15) is 16.7 Å². The molecule has 0 aliphatic carbocycles. The molecule has 0 aliphatic rings. The Morgan fingerprint density at radius 2 is 2.12 bits per heavy atom. The molecule has 0 saturated carbocycles. The molecule has 1 aromatic heterocycles. The van der Waals surface area contributed by atoms with Gasteiger partial charge >= 0.3 is 0 Å². The lowest BCUT2D eigenvalue weighted by Gasteiger charge is -1.98. The van der Waals surface area contributed by atoms with E-state index in [2.05, 4.69) is 21.7 Å². The van der Waals surface area contributed by atoms with Crippen LogP contribution in [-0.2, 0) is 0 Å². The normalized spacial score (nSPS) is 10.4. The van der Waals surface area contributed by atoms with Crippen LogP contribution in [0.4, 0.5) is 5.95 Å². The molecule has 4 nitrogen and oxygen atoms in total. The third-order valence-electron chi connectivity index (χ3n) is 2.26. The van der Waals surface area contributed by atoms with E-state index in [1.54, 1.807) is 0 Å². The van der Waals surface area contributed by atoms with Gasteiger partial charge in [-0.1, -0.05) is 18.2 Å². The highest BCUT2D eigenvalue weighted by Crippen LogP contribution is 2.17. The van der Waals surface area contributed by atoms with Gasteiger partial charge < -0.3 is 9.84 Å². The van der Waals surface area contributed by atoms with Gasteiger partial charge in [0.05, 0.1) is 0 Å². The SMILES string of the molecule is CSCCCNc1noc(-c2ccccc2)n1. The van der Waals surface area contributed by atoms with E-state index >= 15 is 0 Å². The highest BCUT2D eigenvalue weighted by Gasteiger charge is 2.06. The molecule has 1 aromatic carbocycles. The Balaban J connectivity index is 1.92. The van der Waals surface area contributed by atoms with E-state index in [0.717, 1.165) is 24.3 Å². The molecule has 0 fully saturated rings. The molecule has 1 heterocycles.